The molecule has 2 aliphatic heterocycles. The molecule has 1 amide bonds. The van der Waals surface area contributed by atoms with Gasteiger partial charge in [-0.25, -0.2) is 0 Å². The van der Waals surface area contributed by atoms with Gasteiger partial charge in [-0.15, -0.1) is 0 Å². The molecule has 26 heavy (non-hydrogen) atoms. The second kappa shape index (κ2) is 7.00. The third-order valence-corrected chi connectivity index (χ3v) is 5.17. The SMILES string of the molecule is CN(C)c1ccc([C@H]2Nc3ccccc3C(=O)N2C[C@@H]2CCCO2)cc1. The van der Waals surface area contributed by atoms with Crippen LogP contribution < -0.4 is 10.2 Å². The molecule has 5 heteroatoms. The maximum Gasteiger partial charge on any atom is 0.257 e. The molecule has 0 radical (unpaired) electrons. The van der Waals surface area contributed by atoms with E-state index in [0.717, 1.165) is 42.0 Å². The summed E-state index contributed by atoms with van der Waals surface area (Å²) in [5, 5.41) is 3.55. The van der Waals surface area contributed by atoms with Crippen molar-refractivity contribution < 1.29 is 9.53 Å². The number of anilines is 2. The Kier molecular flexibility index (Phi) is 4.55. The summed E-state index contributed by atoms with van der Waals surface area (Å²) < 4.78 is 5.80. The minimum Gasteiger partial charge on any atom is -0.378 e. The van der Waals surface area contributed by atoms with E-state index in [1.807, 2.05) is 43.3 Å². The number of hydrogen-bond donors (Lipinski definition) is 1. The molecule has 1 saturated heterocycles. The van der Waals surface area contributed by atoms with Crippen molar-refractivity contribution in [1.29, 1.82) is 0 Å². The highest BCUT2D eigenvalue weighted by Crippen LogP contribution is 2.34. The Hall–Kier alpha value is -2.53. The van der Waals surface area contributed by atoms with Gasteiger partial charge in [-0.2, -0.15) is 0 Å². The first-order valence-electron chi connectivity index (χ1n) is 9.19. The van der Waals surface area contributed by atoms with Gasteiger partial charge in [0.15, 0.2) is 0 Å². The van der Waals surface area contributed by atoms with E-state index in [1.165, 1.54) is 0 Å². The van der Waals surface area contributed by atoms with Crippen LogP contribution in [0.4, 0.5) is 11.4 Å². The average Bonchev–Trinajstić information content (AvgIpc) is 3.17. The van der Waals surface area contributed by atoms with Crippen molar-refractivity contribution in [2.75, 3.05) is 37.5 Å². The van der Waals surface area contributed by atoms with E-state index in [-0.39, 0.29) is 18.2 Å². The average molecular weight is 351 g/mol. The van der Waals surface area contributed by atoms with Crippen LogP contribution in [0.1, 0.15) is 34.9 Å². The quantitative estimate of drug-likeness (QED) is 0.916. The standard InChI is InChI=1S/C21H25N3O2/c1-23(2)16-11-9-15(10-12-16)20-22-19-8-4-3-7-18(19)21(25)24(20)14-17-6-5-13-26-17/h3-4,7-12,17,20,22H,5-6,13-14H2,1-2H3/t17-,20-/m0/s1. The topological polar surface area (TPSA) is 44.8 Å². The molecular weight excluding hydrogens is 326 g/mol. The molecule has 2 atom stereocenters. The van der Waals surface area contributed by atoms with Crippen molar-refractivity contribution in [2.45, 2.75) is 25.1 Å². The summed E-state index contributed by atoms with van der Waals surface area (Å²) >= 11 is 0. The van der Waals surface area contributed by atoms with Crippen molar-refractivity contribution in [2.24, 2.45) is 0 Å². The van der Waals surface area contributed by atoms with E-state index >= 15 is 0 Å². The summed E-state index contributed by atoms with van der Waals surface area (Å²) in [6.07, 6.45) is 2.02. The largest absolute Gasteiger partial charge is 0.378 e. The van der Waals surface area contributed by atoms with Crippen LogP contribution in [0.25, 0.3) is 0 Å². The Morgan fingerprint density at radius 1 is 1.15 bits per heavy atom. The predicted molar refractivity (Wildman–Crippen MR) is 104 cm³/mol. The Morgan fingerprint density at radius 2 is 1.92 bits per heavy atom. The Balaban J connectivity index is 1.68. The second-order valence-electron chi connectivity index (χ2n) is 7.17. The van der Waals surface area contributed by atoms with Gasteiger partial charge >= 0.3 is 0 Å². The van der Waals surface area contributed by atoms with Gasteiger partial charge in [-0.05, 0) is 42.7 Å². The number of rotatable bonds is 4. The lowest BCUT2D eigenvalue weighted by Crippen LogP contribution is -2.46. The van der Waals surface area contributed by atoms with Crippen LogP contribution >= 0.6 is 0 Å². The zero-order valence-electron chi connectivity index (χ0n) is 15.3. The van der Waals surface area contributed by atoms with Gasteiger partial charge < -0.3 is 19.9 Å². The van der Waals surface area contributed by atoms with Crippen molar-refractivity contribution in [3.8, 4) is 0 Å². The predicted octanol–water partition coefficient (Wildman–Crippen LogP) is 3.50. The molecule has 2 aromatic rings. The van der Waals surface area contributed by atoms with E-state index < -0.39 is 0 Å². The highest BCUT2D eigenvalue weighted by molar-refractivity contribution is 6.01. The zero-order chi connectivity index (χ0) is 18.1. The van der Waals surface area contributed by atoms with Crippen LogP contribution in [0.15, 0.2) is 48.5 Å². The van der Waals surface area contributed by atoms with Crippen molar-refractivity contribution in [3.05, 3.63) is 59.7 Å². The number of carbonyl (C=O) groups is 1. The molecule has 1 fully saturated rings. The minimum atomic E-state index is -0.183. The lowest BCUT2D eigenvalue weighted by Gasteiger charge is -2.39. The number of ether oxygens (including phenoxy) is 1. The molecule has 0 saturated carbocycles. The van der Waals surface area contributed by atoms with Crippen LogP contribution in [0.2, 0.25) is 0 Å². The fourth-order valence-electron chi connectivity index (χ4n) is 3.71. The van der Waals surface area contributed by atoms with E-state index in [1.54, 1.807) is 0 Å². The third-order valence-electron chi connectivity index (χ3n) is 5.17. The van der Waals surface area contributed by atoms with Crippen LogP contribution in [0.3, 0.4) is 0 Å². The number of nitrogens with zero attached hydrogens (tertiary/aromatic N) is 2. The first-order chi connectivity index (χ1) is 12.6. The minimum absolute atomic E-state index is 0.0662. The number of para-hydroxylation sites is 1. The van der Waals surface area contributed by atoms with Crippen LogP contribution in [-0.4, -0.2) is 44.2 Å². The Bertz CT molecular complexity index is 782. The summed E-state index contributed by atoms with van der Waals surface area (Å²) in [6, 6.07) is 16.1. The molecule has 0 aliphatic carbocycles. The normalized spacial score (nSPS) is 22.1. The Labute approximate surface area is 154 Å². The van der Waals surface area contributed by atoms with Crippen LogP contribution in [0, 0.1) is 0 Å². The summed E-state index contributed by atoms with van der Waals surface area (Å²) in [6.45, 7) is 1.40. The monoisotopic (exact) mass is 351 g/mol. The molecule has 4 rings (SSSR count). The smallest absolute Gasteiger partial charge is 0.257 e. The third kappa shape index (κ3) is 3.15. The van der Waals surface area contributed by atoms with Gasteiger partial charge in [0.05, 0.1) is 11.7 Å². The number of hydrogen-bond acceptors (Lipinski definition) is 4. The molecule has 0 unspecified atom stereocenters. The lowest BCUT2D eigenvalue weighted by molar-refractivity contribution is 0.0427. The summed E-state index contributed by atoms with van der Waals surface area (Å²) in [4.78, 5) is 17.2. The maximum atomic E-state index is 13.2. The van der Waals surface area contributed by atoms with Crippen molar-refractivity contribution in [3.63, 3.8) is 0 Å². The van der Waals surface area contributed by atoms with Gasteiger partial charge in [0.1, 0.15) is 6.17 Å². The van der Waals surface area contributed by atoms with E-state index in [0.29, 0.717) is 6.54 Å². The van der Waals surface area contributed by atoms with E-state index in [4.69, 9.17) is 4.74 Å². The molecule has 5 nitrogen and oxygen atoms in total. The van der Waals surface area contributed by atoms with Gasteiger partial charge in [0.25, 0.3) is 5.91 Å². The Morgan fingerprint density at radius 3 is 2.62 bits per heavy atom. The highest BCUT2D eigenvalue weighted by Gasteiger charge is 2.35. The van der Waals surface area contributed by atoms with Crippen LogP contribution in [0.5, 0.6) is 0 Å². The highest BCUT2D eigenvalue weighted by atomic mass is 16.5. The summed E-state index contributed by atoms with van der Waals surface area (Å²) in [7, 11) is 4.05. The maximum absolute atomic E-state index is 13.2. The number of amides is 1. The molecule has 2 heterocycles. The van der Waals surface area contributed by atoms with Crippen molar-refractivity contribution >= 4 is 17.3 Å². The van der Waals surface area contributed by atoms with Gasteiger partial charge in [0, 0.05) is 38.6 Å². The van der Waals surface area contributed by atoms with E-state index in [9.17, 15) is 4.79 Å². The van der Waals surface area contributed by atoms with Gasteiger partial charge in [-0.3, -0.25) is 4.79 Å². The van der Waals surface area contributed by atoms with Gasteiger partial charge in [-0.1, -0.05) is 24.3 Å². The van der Waals surface area contributed by atoms with Crippen LogP contribution in [-0.2, 0) is 4.74 Å². The molecule has 1 N–H and O–H groups in total. The number of nitrogens with one attached hydrogen (secondary N) is 1. The van der Waals surface area contributed by atoms with Crippen molar-refractivity contribution in [1.82, 2.24) is 4.90 Å². The first kappa shape index (κ1) is 16.9. The molecular formula is C21H25N3O2. The fraction of sp³-hybridized carbons (Fsp3) is 0.381. The molecule has 2 aliphatic rings. The van der Waals surface area contributed by atoms with Gasteiger partial charge in [0.2, 0.25) is 0 Å². The molecule has 136 valence electrons. The number of benzene rings is 2. The van der Waals surface area contributed by atoms with E-state index in [2.05, 4.69) is 34.5 Å². The number of fused-ring (bicyclic) bond motifs is 1. The second-order valence-corrected chi connectivity index (χ2v) is 7.17. The fourth-order valence-corrected chi connectivity index (χ4v) is 3.71. The molecule has 0 bridgehead atoms. The summed E-state index contributed by atoms with van der Waals surface area (Å²) in [5.41, 5.74) is 3.84. The first-order valence-corrected chi connectivity index (χ1v) is 9.19. The zero-order valence-corrected chi connectivity index (χ0v) is 15.3. The molecule has 0 aromatic heterocycles. The lowest BCUT2D eigenvalue weighted by atomic mass is 10.0. The number of carbonyl (C=O) groups excluding carboxylic acids is 1. The molecule has 0 spiro atoms. The molecule has 2 aromatic carbocycles. The summed E-state index contributed by atoms with van der Waals surface area (Å²) in [5.74, 6) is 0.0662.